The number of aromatic nitrogens is 3. The molecule has 4 aromatic rings. The van der Waals surface area contributed by atoms with E-state index in [9.17, 15) is 9.59 Å². The topological polar surface area (TPSA) is 109 Å². The monoisotopic (exact) mass is 484 g/mol. The molecular formula is C26H21ClN6O2. The van der Waals surface area contributed by atoms with Gasteiger partial charge in [0.1, 0.15) is 0 Å². The molecule has 2 amide bonds. The fourth-order valence-electron chi connectivity index (χ4n) is 3.81. The third-order valence-corrected chi connectivity index (χ3v) is 5.76. The Morgan fingerprint density at radius 3 is 2.71 bits per heavy atom. The van der Waals surface area contributed by atoms with Crippen molar-refractivity contribution in [3.63, 3.8) is 0 Å². The van der Waals surface area contributed by atoms with E-state index in [4.69, 9.17) is 11.6 Å². The number of amides is 2. The van der Waals surface area contributed by atoms with E-state index in [0.717, 1.165) is 22.5 Å². The Labute approximate surface area is 206 Å². The number of carbonyl (C=O) groups is 2. The van der Waals surface area contributed by atoms with Gasteiger partial charge >= 0.3 is 0 Å². The Hall–Kier alpha value is -4.30. The fourth-order valence-corrected chi connectivity index (χ4v) is 3.98. The van der Waals surface area contributed by atoms with E-state index in [0.29, 0.717) is 40.9 Å². The summed E-state index contributed by atoms with van der Waals surface area (Å²) in [5.74, 6) is 0.0817. The van der Waals surface area contributed by atoms with E-state index in [1.165, 1.54) is 0 Å². The van der Waals surface area contributed by atoms with Gasteiger partial charge in [-0.2, -0.15) is 0 Å². The van der Waals surface area contributed by atoms with Gasteiger partial charge in [-0.05, 0) is 54.6 Å². The highest BCUT2D eigenvalue weighted by Gasteiger charge is 2.21. The summed E-state index contributed by atoms with van der Waals surface area (Å²) in [6.45, 7) is 0.503. The zero-order valence-corrected chi connectivity index (χ0v) is 19.3. The Kier molecular flexibility index (Phi) is 6.36. The molecule has 3 N–H and O–H groups in total. The second-order valence-electron chi connectivity index (χ2n) is 8.01. The Balaban J connectivity index is 1.28. The summed E-state index contributed by atoms with van der Waals surface area (Å²) in [6.07, 6.45) is 4.23. The number of nitrogens with one attached hydrogen (secondary N) is 3. The van der Waals surface area contributed by atoms with E-state index < -0.39 is 0 Å². The molecule has 1 aliphatic rings. The molecule has 2 aromatic carbocycles. The first-order chi connectivity index (χ1) is 17.0. The molecule has 1 aliphatic heterocycles. The fraction of sp³-hybridized carbons (Fsp3) is 0.115. The molecule has 8 nitrogen and oxygen atoms in total. The van der Waals surface area contributed by atoms with Crippen LogP contribution in [0.3, 0.4) is 0 Å². The quantitative estimate of drug-likeness (QED) is 0.374. The number of anilines is 3. The average molecular weight is 485 g/mol. The van der Waals surface area contributed by atoms with Gasteiger partial charge in [0.05, 0.1) is 17.8 Å². The zero-order chi connectivity index (χ0) is 24.2. The van der Waals surface area contributed by atoms with Crippen LogP contribution in [0.2, 0.25) is 5.02 Å². The van der Waals surface area contributed by atoms with Crippen LogP contribution in [0.25, 0.3) is 11.3 Å². The highest BCUT2D eigenvalue weighted by Crippen LogP contribution is 2.34. The van der Waals surface area contributed by atoms with Gasteiger partial charge in [-0.1, -0.05) is 17.7 Å². The van der Waals surface area contributed by atoms with Crippen LogP contribution in [0.15, 0.2) is 73.1 Å². The zero-order valence-electron chi connectivity index (χ0n) is 18.6. The lowest BCUT2D eigenvalue weighted by atomic mass is 10.1. The number of benzene rings is 2. The van der Waals surface area contributed by atoms with Crippen molar-refractivity contribution in [3.05, 3.63) is 94.9 Å². The lowest BCUT2D eigenvalue weighted by Gasteiger charge is -2.11. The first-order valence-corrected chi connectivity index (χ1v) is 11.4. The second-order valence-corrected chi connectivity index (χ2v) is 8.45. The van der Waals surface area contributed by atoms with Crippen LogP contribution in [0.5, 0.6) is 0 Å². The van der Waals surface area contributed by atoms with Gasteiger partial charge in [-0.15, -0.1) is 0 Å². The SMILES string of the molecule is O=C1Cc2cnc(Nc3ccc(C(=O)NCCc4ccccn4)cc3)nc2-c2ccc(Cl)cc2N1. The molecule has 0 spiro atoms. The summed E-state index contributed by atoms with van der Waals surface area (Å²) in [4.78, 5) is 38.0. The molecule has 0 fully saturated rings. The maximum absolute atomic E-state index is 12.4. The number of fused-ring (bicyclic) bond motifs is 3. The summed E-state index contributed by atoms with van der Waals surface area (Å²) < 4.78 is 0. The van der Waals surface area contributed by atoms with Crippen LogP contribution in [0.4, 0.5) is 17.3 Å². The molecule has 3 heterocycles. The van der Waals surface area contributed by atoms with Crippen LogP contribution in [0, 0.1) is 0 Å². The van der Waals surface area contributed by atoms with Crippen LogP contribution in [-0.2, 0) is 17.6 Å². The molecule has 5 rings (SSSR count). The lowest BCUT2D eigenvalue weighted by Crippen LogP contribution is -2.25. The summed E-state index contributed by atoms with van der Waals surface area (Å²) >= 11 is 6.11. The molecular weight excluding hydrogens is 464 g/mol. The van der Waals surface area contributed by atoms with Gasteiger partial charge in [0.15, 0.2) is 0 Å². The number of carbonyl (C=O) groups excluding carboxylic acids is 2. The normalized spacial score (nSPS) is 12.1. The summed E-state index contributed by atoms with van der Waals surface area (Å²) in [5, 5.41) is 9.47. The van der Waals surface area contributed by atoms with E-state index >= 15 is 0 Å². The lowest BCUT2D eigenvalue weighted by molar-refractivity contribution is -0.115. The predicted molar refractivity (Wildman–Crippen MR) is 135 cm³/mol. The third kappa shape index (κ3) is 5.28. The number of rotatable bonds is 6. The minimum absolute atomic E-state index is 0.148. The standard InChI is InChI=1S/C26H21ClN6O2/c27-18-6-9-21-22(14-18)32-23(34)13-17-15-30-26(33-24(17)21)31-20-7-4-16(5-8-20)25(35)29-12-10-19-3-1-2-11-28-19/h1-9,11,14-15H,10,12-13H2,(H,29,35)(H,32,34)(H,30,31,33). The highest BCUT2D eigenvalue weighted by molar-refractivity contribution is 6.31. The molecule has 0 aliphatic carbocycles. The molecule has 0 radical (unpaired) electrons. The van der Waals surface area contributed by atoms with Crippen molar-refractivity contribution in [3.8, 4) is 11.3 Å². The number of hydrogen-bond donors (Lipinski definition) is 3. The van der Waals surface area contributed by atoms with Crippen molar-refractivity contribution >= 4 is 40.7 Å². The highest BCUT2D eigenvalue weighted by atomic mass is 35.5. The van der Waals surface area contributed by atoms with Crippen molar-refractivity contribution < 1.29 is 9.59 Å². The van der Waals surface area contributed by atoms with Gasteiger partial charge in [0, 0.05) is 58.5 Å². The first-order valence-electron chi connectivity index (χ1n) is 11.1. The van der Waals surface area contributed by atoms with E-state index in [-0.39, 0.29) is 18.2 Å². The van der Waals surface area contributed by atoms with Gasteiger partial charge in [-0.3, -0.25) is 14.6 Å². The molecule has 35 heavy (non-hydrogen) atoms. The van der Waals surface area contributed by atoms with Gasteiger partial charge in [0.25, 0.3) is 5.91 Å². The largest absolute Gasteiger partial charge is 0.352 e. The van der Waals surface area contributed by atoms with Gasteiger partial charge in [-0.25, -0.2) is 9.97 Å². The Bertz CT molecular complexity index is 1390. The molecule has 0 atom stereocenters. The molecule has 2 aromatic heterocycles. The van der Waals surface area contributed by atoms with Crippen molar-refractivity contribution in [2.45, 2.75) is 12.8 Å². The van der Waals surface area contributed by atoms with Crippen molar-refractivity contribution in [2.75, 3.05) is 17.2 Å². The smallest absolute Gasteiger partial charge is 0.251 e. The first kappa shape index (κ1) is 22.5. The summed E-state index contributed by atoms with van der Waals surface area (Å²) in [6, 6.07) is 18.1. The van der Waals surface area contributed by atoms with E-state index in [1.54, 1.807) is 48.8 Å². The average Bonchev–Trinajstić information content (AvgIpc) is 2.99. The minimum Gasteiger partial charge on any atom is -0.352 e. The van der Waals surface area contributed by atoms with E-state index in [1.807, 2.05) is 24.3 Å². The van der Waals surface area contributed by atoms with Gasteiger partial charge in [0.2, 0.25) is 11.9 Å². The molecule has 0 unspecified atom stereocenters. The van der Waals surface area contributed by atoms with Crippen molar-refractivity contribution in [2.24, 2.45) is 0 Å². The van der Waals surface area contributed by atoms with Gasteiger partial charge < -0.3 is 16.0 Å². The van der Waals surface area contributed by atoms with Crippen LogP contribution >= 0.6 is 11.6 Å². The summed E-state index contributed by atoms with van der Waals surface area (Å²) in [7, 11) is 0. The number of pyridine rings is 1. The summed E-state index contributed by atoms with van der Waals surface area (Å²) in [5.41, 5.74) is 4.99. The number of nitrogens with zero attached hydrogens (tertiary/aromatic N) is 3. The minimum atomic E-state index is -0.152. The maximum Gasteiger partial charge on any atom is 0.251 e. The van der Waals surface area contributed by atoms with Crippen LogP contribution in [-0.4, -0.2) is 33.3 Å². The Morgan fingerprint density at radius 1 is 1.06 bits per heavy atom. The number of hydrogen-bond acceptors (Lipinski definition) is 6. The van der Waals surface area contributed by atoms with Crippen molar-refractivity contribution in [1.29, 1.82) is 0 Å². The predicted octanol–water partition coefficient (Wildman–Crippen LogP) is 4.40. The van der Waals surface area contributed by atoms with Crippen molar-refractivity contribution in [1.82, 2.24) is 20.3 Å². The Morgan fingerprint density at radius 2 is 1.91 bits per heavy atom. The number of halogens is 1. The second kappa shape index (κ2) is 9.90. The molecule has 9 heteroatoms. The molecule has 0 bridgehead atoms. The van der Waals surface area contributed by atoms with E-state index in [2.05, 4.69) is 30.9 Å². The van der Waals surface area contributed by atoms with Crippen LogP contribution < -0.4 is 16.0 Å². The van der Waals surface area contributed by atoms with Crippen LogP contribution in [0.1, 0.15) is 21.6 Å². The molecule has 0 saturated heterocycles. The maximum atomic E-state index is 12.4. The third-order valence-electron chi connectivity index (χ3n) is 5.52. The molecule has 0 saturated carbocycles. The molecule has 174 valence electrons.